The number of halogens is 1. The average Bonchev–Trinajstić information content (AvgIpc) is 3.48. The highest BCUT2D eigenvalue weighted by molar-refractivity contribution is 7.07. The normalized spacial score (nSPS) is 17.1. The number of hydrogen-bond acceptors (Lipinski definition) is 7. The zero-order chi connectivity index (χ0) is 29.5. The summed E-state index contributed by atoms with van der Waals surface area (Å²) in [6.45, 7) is 4.18. The Morgan fingerprint density at radius 3 is 2.48 bits per heavy atom. The van der Waals surface area contributed by atoms with Gasteiger partial charge in [0.25, 0.3) is 11.5 Å². The van der Waals surface area contributed by atoms with Crippen molar-refractivity contribution in [3.63, 3.8) is 0 Å². The van der Waals surface area contributed by atoms with Gasteiger partial charge < -0.3 is 14.4 Å². The molecule has 42 heavy (non-hydrogen) atoms. The van der Waals surface area contributed by atoms with Crippen LogP contribution in [0.15, 0.2) is 88.2 Å². The van der Waals surface area contributed by atoms with E-state index in [4.69, 9.17) is 26.1 Å². The van der Waals surface area contributed by atoms with Gasteiger partial charge in [0.05, 0.1) is 36.2 Å². The number of hydrogen-bond donors (Lipinski definition) is 0. The van der Waals surface area contributed by atoms with Crippen LogP contribution in [0.25, 0.3) is 11.3 Å². The van der Waals surface area contributed by atoms with E-state index in [9.17, 15) is 14.4 Å². The highest BCUT2D eigenvalue weighted by atomic mass is 35.5. The summed E-state index contributed by atoms with van der Waals surface area (Å²) in [5.74, 6) is -0.448. The number of para-hydroxylation sites is 1. The molecule has 1 amide bonds. The number of ether oxygens (including phenoxy) is 2. The first-order valence-corrected chi connectivity index (χ1v) is 14.6. The third-order valence-corrected chi connectivity index (χ3v) is 8.59. The summed E-state index contributed by atoms with van der Waals surface area (Å²) >= 11 is 7.59. The van der Waals surface area contributed by atoms with Crippen molar-refractivity contribution in [2.24, 2.45) is 4.99 Å². The van der Waals surface area contributed by atoms with E-state index in [-0.39, 0.29) is 22.6 Å². The van der Waals surface area contributed by atoms with Crippen LogP contribution >= 0.6 is 22.9 Å². The van der Waals surface area contributed by atoms with E-state index in [1.54, 1.807) is 30.0 Å². The first-order valence-electron chi connectivity index (χ1n) is 13.4. The van der Waals surface area contributed by atoms with Crippen molar-refractivity contribution in [3.05, 3.63) is 120 Å². The van der Waals surface area contributed by atoms with Crippen molar-refractivity contribution in [1.29, 1.82) is 0 Å². The number of methoxy groups -OCH3 is 1. The minimum Gasteiger partial charge on any atom is -0.496 e. The SMILES string of the molecule is CCOC(=O)C1=C(c2ccccc2)N=c2s/c(=C3\C(=O)N(CC)c4ccccc43)c(=O)n2[C@H]1c1cc(Cl)ccc1OC. The van der Waals surface area contributed by atoms with Crippen LogP contribution in [0, 0.1) is 0 Å². The van der Waals surface area contributed by atoms with Gasteiger partial charge in [0.2, 0.25) is 0 Å². The predicted octanol–water partition coefficient (Wildman–Crippen LogP) is 4.33. The minimum absolute atomic E-state index is 0.122. The fourth-order valence-electron chi connectivity index (χ4n) is 5.52. The van der Waals surface area contributed by atoms with Gasteiger partial charge in [-0.05, 0) is 38.1 Å². The van der Waals surface area contributed by atoms with Crippen molar-refractivity contribution < 1.29 is 19.1 Å². The molecule has 4 aromatic rings. The van der Waals surface area contributed by atoms with E-state index < -0.39 is 17.6 Å². The molecule has 1 aromatic heterocycles. The number of nitrogens with zero attached hydrogens (tertiary/aromatic N) is 3. The predicted molar refractivity (Wildman–Crippen MR) is 162 cm³/mol. The number of anilines is 1. The Labute approximate surface area is 250 Å². The third kappa shape index (κ3) is 4.36. The van der Waals surface area contributed by atoms with Gasteiger partial charge in [-0.1, -0.05) is 71.5 Å². The van der Waals surface area contributed by atoms with E-state index in [1.807, 2.05) is 61.5 Å². The number of carbonyl (C=O) groups is 2. The van der Waals surface area contributed by atoms with E-state index >= 15 is 0 Å². The number of thiazole rings is 1. The maximum absolute atomic E-state index is 14.5. The molecule has 1 atom stereocenters. The molecule has 8 nitrogen and oxygen atoms in total. The van der Waals surface area contributed by atoms with E-state index in [0.717, 1.165) is 17.0 Å². The smallest absolute Gasteiger partial charge is 0.338 e. The van der Waals surface area contributed by atoms with Crippen LogP contribution in [0.5, 0.6) is 5.75 Å². The number of likely N-dealkylation sites (N-methyl/N-ethyl adjacent to an activating group) is 1. The molecule has 2 aliphatic rings. The van der Waals surface area contributed by atoms with Crippen LogP contribution in [0.3, 0.4) is 0 Å². The molecule has 10 heteroatoms. The van der Waals surface area contributed by atoms with E-state index in [1.165, 1.54) is 11.7 Å². The average molecular weight is 600 g/mol. The molecule has 6 rings (SSSR count). The van der Waals surface area contributed by atoms with Crippen molar-refractivity contribution >= 4 is 51.8 Å². The Hall–Kier alpha value is -4.47. The quantitative estimate of drug-likeness (QED) is 0.308. The molecule has 0 radical (unpaired) electrons. The Balaban J connectivity index is 1.76. The summed E-state index contributed by atoms with van der Waals surface area (Å²) in [5, 5.41) is 0.399. The van der Waals surface area contributed by atoms with Gasteiger partial charge in [-0.15, -0.1) is 0 Å². The molecule has 3 heterocycles. The van der Waals surface area contributed by atoms with E-state index in [2.05, 4.69) is 0 Å². The lowest BCUT2D eigenvalue weighted by Crippen LogP contribution is -2.41. The molecular weight excluding hydrogens is 574 g/mol. The van der Waals surface area contributed by atoms with Crippen LogP contribution in [0.4, 0.5) is 5.69 Å². The molecule has 0 fully saturated rings. The molecule has 0 N–H and O–H groups in total. The second-order valence-electron chi connectivity index (χ2n) is 9.58. The van der Waals surface area contributed by atoms with Gasteiger partial charge in [-0.3, -0.25) is 14.2 Å². The molecule has 0 spiro atoms. The Kier molecular flexibility index (Phi) is 7.30. The van der Waals surface area contributed by atoms with Crippen LogP contribution in [0.2, 0.25) is 5.02 Å². The molecule has 0 saturated carbocycles. The van der Waals surface area contributed by atoms with Crippen LogP contribution in [0.1, 0.15) is 36.6 Å². The summed E-state index contributed by atoms with van der Waals surface area (Å²) in [6.07, 6.45) is 0. The number of carbonyl (C=O) groups excluding carboxylic acids is 2. The highest BCUT2D eigenvalue weighted by Gasteiger charge is 2.39. The number of esters is 1. The van der Waals surface area contributed by atoms with Gasteiger partial charge in [0.1, 0.15) is 16.3 Å². The van der Waals surface area contributed by atoms with Crippen molar-refractivity contribution in [2.45, 2.75) is 19.9 Å². The second kappa shape index (κ2) is 11.1. The maximum atomic E-state index is 14.5. The van der Waals surface area contributed by atoms with Gasteiger partial charge >= 0.3 is 5.97 Å². The monoisotopic (exact) mass is 599 g/mol. The number of fused-ring (bicyclic) bond motifs is 2. The molecule has 0 unspecified atom stereocenters. The van der Waals surface area contributed by atoms with Crippen LogP contribution < -0.4 is 24.5 Å². The molecule has 3 aromatic carbocycles. The fourth-order valence-corrected chi connectivity index (χ4v) is 6.79. The molecular formula is C32H26ClN3O5S. The van der Waals surface area contributed by atoms with E-state index in [0.29, 0.717) is 50.1 Å². The topological polar surface area (TPSA) is 90.2 Å². The second-order valence-corrected chi connectivity index (χ2v) is 11.0. The van der Waals surface area contributed by atoms with Crippen molar-refractivity contribution in [3.8, 4) is 5.75 Å². The summed E-state index contributed by atoms with van der Waals surface area (Å²) in [4.78, 5) is 48.8. The summed E-state index contributed by atoms with van der Waals surface area (Å²) in [7, 11) is 1.51. The number of amides is 1. The Bertz CT molecular complexity index is 1960. The van der Waals surface area contributed by atoms with Gasteiger partial charge in [0.15, 0.2) is 4.80 Å². The Morgan fingerprint density at radius 2 is 1.76 bits per heavy atom. The van der Waals surface area contributed by atoms with Crippen molar-refractivity contribution in [1.82, 2.24) is 4.57 Å². The number of aromatic nitrogens is 1. The van der Waals surface area contributed by atoms with Crippen molar-refractivity contribution in [2.75, 3.05) is 25.2 Å². The lowest BCUT2D eigenvalue weighted by Gasteiger charge is -2.27. The standard InChI is InChI=1S/C32H26ClN3O5S/c1-4-35-22-14-10-9-13-20(22)24(29(35)37)28-30(38)36-27(21-17-19(33)15-16-23(21)40-3)25(31(39)41-5-2)26(34-32(36)42-28)18-11-7-6-8-12-18/h6-17,27H,4-5H2,1-3H3/b28-24-/t27-/m0/s1. The minimum atomic E-state index is -0.993. The summed E-state index contributed by atoms with van der Waals surface area (Å²) in [5.41, 5.74) is 2.99. The lowest BCUT2D eigenvalue weighted by molar-refractivity contribution is -0.138. The number of benzene rings is 3. The first-order chi connectivity index (χ1) is 20.4. The lowest BCUT2D eigenvalue weighted by atomic mass is 9.92. The van der Waals surface area contributed by atoms with Gasteiger partial charge in [-0.25, -0.2) is 9.79 Å². The van der Waals surface area contributed by atoms with Gasteiger partial charge in [0, 0.05) is 28.3 Å². The molecule has 2 aliphatic heterocycles. The van der Waals surface area contributed by atoms with Crippen LogP contribution in [-0.2, 0) is 14.3 Å². The zero-order valence-corrected chi connectivity index (χ0v) is 24.7. The Morgan fingerprint density at radius 1 is 1.02 bits per heavy atom. The third-order valence-electron chi connectivity index (χ3n) is 7.30. The number of rotatable bonds is 6. The largest absolute Gasteiger partial charge is 0.496 e. The van der Waals surface area contributed by atoms with Crippen LogP contribution in [-0.4, -0.2) is 36.7 Å². The summed E-state index contributed by atoms with van der Waals surface area (Å²) in [6, 6.07) is 20.7. The van der Waals surface area contributed by atoms with Gasteiger partial charge in [-0.2, -0.15) is 0 Å². The zero-order valence-electron chi connectivity index (χ0n) is 23.1. The molecule has 0 saturated heterocycles. The maximum Gasteiger partial charge on any atom is 0.338 e. The fraction of sp³-hybridized carbons (Fsp3) is 0.188. The first kappa shape index (κ1) is 27.7. The molecule has 0 aliphatic carbocycles. The molecule has 0 bridgehead atoms. The summed E-state index contributed by atoms with van der Waals surface area (Å²) < 4.78 is 12.9. The highest BCUT2D eigenvalue weighted by Crippen LogP contribution is 2.40. The molecule has 212 valence electrons.